The van der Waals surface area contributed by atoms with E-state index >= 15 is 0 Å². The van der Waals surface area contributed by atoms with Crippen molar-refractivity contribution >= 4 is 23.0 Å². The molecule has 1 aromatic carbocycles. The molecule has 0 radical (unpaired) electrons. The molecule has 4 rings (SSSR count). The van der Waals surface area contributed by atoms with Crippen molar-refractivity contribution in [1.82, 2.24) is 10.5 Å². The number of aromatic nitrogens is 1. The standard InChI is InChI=1S/C14H12ClN2O2.C4H9NO.W/c1-8-4-11-12(16-11)7-10(8)9-5-13(15)17-14(6-9)19-3-2-18;6-5-4-2-1-3-4;/h4-7,18H,2-3H2,1H3;4-6H,1-3H2;/q-1;;. The summed E-state index contributed by atoms with van der Waals surface area (Å²) in [6, 6.07) is 8.12. The molecule has 1 aliphatic heterocycles. The average Bonchev–Trinajstić information content (AvgIpc) is 3.29. The fourth-order valence-electron chi connectivity index (χ4n) is 2.55. The number of halogens is 1. The zero-order valence-electron chi connectivity index (χ0n) is 14.4. The van der Waals surface area contributed by atoms with Crippen molar-refractivity contribution < 1.29 is 36.1 Å². The summed E-state index contributed by atoms with van der Waals surface area (Å²) in [6.45, 7) is 2.18. The second kappa shape index (κ2) is 9.67. The molecular weight excluding hydrogens is 526 g/mol. The Hall–Kier alpha value is -1.17. The van der Waals surface area contributed by atoms with Gasteiger partial charge in [-0.05, 0) is 42.5 Å². The number of nitrogens with zero attached hydrogens (tertiary/aromatic N) is 2. The van der Waals surface area contributed by atoms with Gasteiger partial charge >= 0.3 is 0 Å². The molecule has 3 N–H and O–H groups in total. The molecule has 1 fully saturated rings. The maximum absolute atomic E-state index is 8.77. The number of nitrogens with one attached hydrogen (secondary N) is 1. The zero-order valence-corrected chi connectivity index (χ0v) is 18.1. The quantitative estimate of drug-likeness (QED) is 0.253. The molecule has 140 valence electrons. The Balaban J connectivity index is 0.000000297. The monoisotopic (exact) mass is 546 g/mol. The van der Waals surface area contributed by atoms with E-state index in [2.05, 4.69) is 15.8 Å². The Kier molecular flexibility index (Phi) is 7.86. The van der Waals surface area contributed by atoms with Crippen molar-refractivity contribution in [3.8, 4) is 17.0 Å². The van der Waals surface area contributed by atoms with Crippen molar-refractivity contribution in [2.24, 2.45) is 0 Å². The molecule has 0 unspecified atom stereocenters. The van der Waals surface area contributed by atoms with Gasteiger partial charge in [0.2, 0.25) is 5.88 Å². The van der Waals surface area contributed by atoms with Gasteiger partial charge in [-0.15, -0.1) is 0 Å². The second-order valence-electron chi connectivity index (χ2n) is 6.11. The molecule has 0 amide bonds. The van der Waals surface area contributed by atoms with E-state index < -0.39 is 0 Å². The van der Waals surface area contributed by atoms with Gasteiger partial charge in [0.05, 0.1) is 6.61 Å². The summed E-state index contributed by atoms with van der Waals surface area (Å²) in [4.78, 5) is 4.07. The summed E-state index contributed by atoms with van der Waals surface area (Å²) < 4.78 is 5.31. The topological polar surface area (TPSA) is 88.7 Å². The number of hydroxylamine groups is 1. The van der Waals surface area contributed by atoms with E-state index in [1.807, 2.05) is 25.1 Å². The SMILES string of the molecule is Cc1cc2c(cc1-c1cc(Cl)nc(OCCO)c1)[N-]2.ONC1CCC1.[W]. The van der Waals surface area contributed by atoms with Gasteiger partial charge in [0.1, 0.15) is 11.8 Å². The van der Waals surface area contributed by atoms with E-state index in [0.29, 0.717) is 17.1 Å². The van der Waals surface area contributed by atoms with Crippen LogP contribution in [0.25, 0.3) is 16.4 Å². The summed E-state index contributed by atoms with van der Waals surface area (Å²) in [5.41, 5.74) is 7.42. The maximum Gasteiger partial charge on any atom is 0.215 e. The number of fused-ring (bicyclic) bond motifs is 1. The van der Waals surface area contributed by atoms with Crippen LogP contribution in [0.4, 0.5) is 11.4 Å². The number of aliphatic hydroxyl groups excluding tert-OH is 1. The third-order valence-corrected chi connectivity index (χ3v) is 4.42. The maximum atomic E-state index is 8.77. The number of hydrogen-bond acceptors (Lipinski definition) is 5. The number of aliphatic hydroxyl groups is 1. The molecule has 0 spiro atoms. The van der Waals surface area contributed by atoms with Crippen LogP contribution in [0.1, 0.15) is 24.8 Å². The average molecular weight is 547 g/mol. The van der Waals surface area contributed by atoms with Gasteiger partial charge in [0.15, 0.2) is 0 Å². The van der Waals surface area contributed by atoms with E-state index in [1.54, 1.807) is 6.07 Å². The third kappa shape index (κ3) is 5.41. The van der Waals surface area contributed by atoms with E-state index in [9.17, 15) is 0 Å². The van der Waals surface area contributed by atoms with E-state index in [1.165, 1.54) is 6.42 Å². The number of pyridine rings is 1. The fourth-order valence-corrected chi connectivity index (χ4v) is 2.75. The predicted molar refractivity (Wildman–Crippen MR) is 97.2 cm³/mol. The van der Waals surface area contributed by atoms with Crippen molar-refractivity contribution in [3.05, 3.63) is 40.3 Å². The normalized spacial score (nSPS) is 14.0. The summed E-state index contributed by atoms with van der Waals surface area (Å²) in [5, 5.41) is 21.5. The molecule has 0 bridgehead atoms. The van der Waals surface area contributed by atoms with E-state index in [0.717, 1.165) is 40.9 Å². The van der Waals surface area contributed by atoms with Crippen LogP contribution in [-0.2, 0) is 21.1 Å². The molecule has 2 aromatic rings. The molecule has 1 aliphatic carbocycles. The summed E-state index contributed by atoms with van der Waals surface area (Å²) in [6.07, 6.45) is 3.57. The Morgan fingerprint density at radius 3 is 2.58 bits per heavy atom. The smallest absolute Gasteiger partial charge is 0.215 e. The van der Waals surface area contributed by atoms with Crippen LogP contribution in [0, 0.1) is 6.92 Å². The van der Waals surface area contributed by atoms with E-state index in [-0.39, 0.29) is 34.3 Å². The van der Waals surface area contributed by atoms with Gasteiger partial charge in [-0.3, -0.25) is 0 Å². The molecule has 26 heavy (non-hydrogen) atoms. The first-order chi connectivity index (χ1) is 12.1. The minimum Gasteiger partial charge on any atom is -0.660 e. The van der Waals surface area contributed by atoms with Crippen molar-refractivity contribution in [2.75, 3.05) is 13.2 Å². The molecule has 0 atom stereocenters. The first-order valence-corrected chi connectivity index (χ1v) is 8.66. The van der Waals surface area contributed by atoms with Crippen LogP contribution in [0.5, 0.6) is 5.88 Å². The first kappa shape index (κ1) is 21.1. The zero-order chi connectivity index (χ0) is 17.8. The Morgan fingerprint density at radius 1 is 1.27 bits per heavy atom. The summed E-state index contributed by atoms with van der Waals surface area (Å²) in [5.74, 6) is 0.415. The summed E-state index contributed by atoms with van der Waals surface area (Å²) in [7, 11) is 0. The molecule has 1 saturated carbocycles. The van der Waals surface area contributed by atoms with Gasteiger partial charge in [-0.1, -0.05) is 30.2 Å². The van der Waals surface area contributed by atoms with Crippen molar-refractivity contribution in [1.29, 1.82) is 0 Å². The number of rotatable bonds is 5. The fraction of sp³-hybridized carbons (Fsp3) is 0.389. The predicted octanol–water partition coefficient (Wildman–Crippen LogP) is 4.25. The van der Waals surface area contributed by atoms with Crippen molar-refractivity contribution in [3.63, 3.8) is 0 Å². The minimum atomic E-state index is -0.0553. The molecule has 6 nitrogen and oxygen atoms in total. The van der Waals surface area contributed by atoms with Crippen LogP contribution in [-0.4, -0.2) is 34.6 Å². The Bertz CT molecular complexity index is 754. The number of ether oxygens (including phenoxy) is 1. The van der Waals surface area contributed by atoms with E-state index in [4.69, 9.17) is 26.7 Å². The summed E-state index contributed by atoms with van der Waals surface area (Å²) >= 11 is 6.01. The molecule has 2 aliphatic rings. The molecule has 0 saturated heterocycles. The second-order valence-corrected chi connectivity index (χ2v) is 6.50. The van der Waals surface area contributed by atoms with Crippen LogP contribution >= 0.6 is 11.6 Å². The number of aryl methyl sites for hydroxylation is 1. The molecule has 1 aromatic heterocycles. The van der Waals surface area contributed by atoms with Gasteiger partial charge in [-0.2, -0.15) is 11.4 Å². The number of hydrogen-bond donors (Lipinski definition) is 3. The van der Waals surface area contributed by atoms with Crippen LogP contribution in [0.2, 0.25) is 5.15 Å². The molecular formula is C18H21ClN3O3W-. The largest absolute Gasteiger partial charge is 0.660 e. The Morgan fingerprint density at radius 2 is 2.00 bits per heavy atom. The van der Waals surface area contributed by atoms with Crippen LogP contribution < -0.4 is 10.2 Å². The van der Waals surface area contributed by atoms with Gasteiger partial charge in [0.25, 0.3) is 0 Å². The van der Waals surface area contributed by atoms with Crippen LogP contribution in [0.15, 0.2) is 24.3 Å². The van der Waals surface area contributed by atoms with Crippen molar-refractivity contribution in [2.45, 2.75) is 32.2 Å². The molecule has 8 heteroatoms. The minimum absolute atomic E-state index is 0. The first-order valence-electron chi connectivity index (χ1n) is 8.28. The third-order valence-electron chi connectivity index (χ3n) is 4.22. The number of benzene rings is 1. The van der Waals surface area contributed by atoms with Crippen LogP contribution in [0.3, 0.4) is 0 Å². The van der Waals surface area contributed by atoms with Gasteiger partial charge in [0, 0.05) is 33.2 Å². The van der Waals surface area contributed by atoms with Gasteiger partial charge in [-0.25, -0.2) is 10.5 Å². The molecule has 2 heterocycles. The van der Waals surface area contributed by atoms with Gasteiger partial charge < -0.3 is 20.4 Å². The Labute approximate surface area is 172 Å².